The average Bonchev–Trinajstić information content (AvgIpc) is 2.65. The lowest BCUT2D eigenvalue weighted by Gasteiger charge is -2.29. The average molecular weight is 262 g/mol. The Morgan fingerprint density at radius 2 is 2.16 bits per heavy atom. The molecule has 2 rings (SSSR count). The second-order valence-electron chi connectivity index (χ2n) is 6.22. The van der Waals surface area contributed by atoms with Crippen LogP contribution in [0.1, 0.15) is 46.5 Å². The van der Waals surface area contributed by atoms with Gasteiger partial charge in [-0.25, -0.2) is 0 Å². The molecule has 0 amide bonds. The minimum absolute atomic E-state index is 0.356. The number of hydrogen-bond acceptors (Lipinski definition) is 3. The Kier molecular flexibility index (Phi) is 4.23. The van der Waals surface area contributed by atoms with Crippen LogP contribution in [0, 0.1) is 5.41 Å². The Labute approximate surface area is 116 Å². The van der Waals surface area contributed by atoms with Gasteiger partial charge in [0.05, 0.1) is 6.61 Å². The summed E-state index contributed by atoms with van der Waals surface area (Å²) in [5, 5.41) is 3.63. The van der Waals surface area contributed by atoms with E-state index in [4.69, 9.17) is 10.5 Å². The standard InChI is InChI=1S/C16H26N2O/c1-4-8-19-14-10-12(17)9-13(11-14)18-15-6-5-7-16(15,2)3/h9-11,15,18H,4-8,17H2,1-3H3. The molecule has 0 bridgehead atoms. The third-order valence-corrected chi connectivity index (χ3v) is 4.00. The van der Waals surface area contributed by atoms with E-state index in [-0.39, 0.29) is 0 Å². The number of hydrogen-bond donors (Lipinski definition) is 2. The van der Waals surface area contributed by atoms with Crippen molar-refractivity contribution in [3.63, 3.8) is 0 Å². The smallest absolute Gasteiger partial charge is 0.123 e. The van der Waals surface area contributed by atoms with E-state index in [1.807, 2.05) is 12.1 Å². The maximum Gasteiger partial charge on any atom is 0.123 e. The molecule has 1 aromatic carbocycles. The van der Waals surface area contributed by atoms with Crippen LogP contribution in [0.25, 0.3) is 0 Å². The van der Waals surface area contributed by atoms with Gasteiger partial charge in [0.15, 0.2) is 0 Å². The number of rotatable bonds is 5. The van der Waals surface area contributed by atoms with Crippen LogP contribution < -0.4 is 15.8 Å². The van der Waals surface area contributed by atoms with Gasteiger partial charge >= 0.3 is 0 Å². The van der Waals surface area contributed by atoms with Crippen molar-refractivity contribution in [1.82, 2.24) is 0 Å². The van der Waals surface area contributed by atoms with E-state index >= 15 is 0 Å². The van der Waals surface area contributed by atoms with Gasteiger partial charge in [-0.1, -0.05) is 27.2 Å². The third kappa shape index (κ3) is 3.55. The molecule has 0 saturated heterocycles. The number of nitrogens with two attached hydrogens (primary N) is 1. The second-order valence-corrected chi connectivity index (χ2v) is 6.22. The van der Waals surface area contributed by atoms with Crippen molar-refractivity contribution in [2.24, 2.45) is 5.41 Å². The Morgan fingerprint density at radius 3 is 2.79 bits per heavy atom. The summed E-state index contributed by atoms with van der Waals surface area (Å²) in [4.78, 5) is 0. The van der Waals surface area contributed by atoms with Crippen molar-refractivity contribution in [1.29, 1.82) is 0 Å². The monoisotopic (exact) mass is 262 g/mol. The van der Waals surface area contributed by atoms with Gasteiger partial charge in [0, 0.05) is 29.5 Å². The van der Waals surface area contributed by atoms with Crippen LogP contribution in [-0.4, -0.2) is 12.6 Å². The zero-order chi connectivity index (χ0) is 13.9. The molecule has 106 valence electrons. The van der Waals surface area contributed by atoms with Crippen LogP contribution >= 0.6 is 0 Å². The van der Waals surface area contributed by atoms with Gasteiger partial charge in [-0.15, -0.1) is 0 Å². The second kappa shape index (κ2) is 5.72. The fourth-order valence-electron chi connectivity index (χ4n) is 2.80. The molecular formula is C16H26N2O. The van der Waals surface area contributed by atoms with Gasteiger partial charge in [-0.05, 0) is 30.7 Å². The predicted octanol–water partition coefficient (Wildman–Crippen LogP) is 4.05. The highest BCUT2D eigenvalue weighted by Crippen LogP contribution is 2.39. The van der Waals surface area contributed by atoms with E-state index in [9.17, 15) is 0 Å². The first kappa shape index (κ1) is 14.0. The van der Waals surface area contributed by atoms with Gasteiger partial charge in [0.1, 0.15) is 5.75 Å². The first-order chi connectivity index (χ1) is 9.01. The Morgan fingerprint density at radius 1 is 1.37 bits per heavy atom. The van der Waals surface area contributed by atoms with Gasteiger partial charge in [-0.2, -0.15) is 0 Å². The molecule has 1 saturated carbocycles. The predicted molar refractivity (Wildman–Crippen MR) is 81.7 cm³/mol. The lowest BCUT2D eigenvalue weighted by molar-refractivity contribution is 0.317. The summed E-state index contributed by atoms with van der Waals surface area (Å²) < 4.78 is 5.67. The number of ether oxygens (including phenoxy) is 1. The van der Waals surface area contributed by atoms with Crippen LogP contribution in [0.15, 0.2) is 18.2 Å². The molecule has 1 atom stereocenters. The van der Waals surface area contributed by atoms with E-state index in [2.05, 4.69) is 32.2 Å². The van der Waals surface area contributed by atoms with Crippen LogP contribution in [0.3, 0.4) is 0 Å². The highest BCUT2D eigenvalue weighted by Gasteiger charge is 2.34. The highest BCUT2D eigenvalue weighted by molar-refractivity contribution is 5.59. The third-order valence-electron chi connectivity index (χ3n) is 4.00. The van der Waals surface area contributed by atoms with Gasteiger partial charge in [0.2, 0.25) is 0 Å². The molecule has 0 spiro atoms. The molecule has 1 fully saturated rings. The summed E-state index contributed by atoms with van der Waals surface area (Å²) in [6.07, 6.45) is 4.82. The number of benzene rings is 1. The summed E-state index contributed by atoms with van der Waals surface area (Å²) in [6, 6.07) is 6.46. The normalized spacial score (nSPS) is 21.3. The van der Waals surface area contributed by atoms with Crippen LogP contribution in [0.2, 0.25) is 0 Å². The zero-order valence-corrected chi connectivity index (χ0v) is 12.3. The summed E-state index contributed by atoms with van der Waals surface area (Å²) in [6.45, 7) is 7.50. The number of nitrogen functional groups attached to an aromatic ring is 1. The lowest BCUT2D eigenvalue weighted by atomic mass is 9.87. The van der Waals surface area contributed by atoms with Crippen molar-refractivity contribution in [3.05, 3.63) is 18.2 Å². The lowest BCUT2D eigenvalue weighted by Crippen LogP contribution is -2.30. The summed E-state index contributed by atoms with van der Waals surface area (Å²) in [5.74, 6) is 0.861. The minimum atomic E-state index is 0.356. The Bertz CT molecular complexity index is 429. The van der Waals surface area contributed by atoms with Crippen molar-refractivity contribution in [2.45, 2.75) is 52.5 Å². The van der Waals surface area contributed by atoms with Gasteiger partial charge in [0.25, 0.3) is 0 Å². The molecule has 0 heterocycles. The summed E-state index contributed by atoms with van der Waals surface area (Å²) >= 11 is 0. The molecule has 3 heteroatoms. The van der Waals surface area contributed by atoms with E-state index < -0.39 is 0 Å². The van der Waals surface area contributed by atoms with E-state index in [0.29, 0.717) is 11.5 Å². The number of nitrogens with one attached hydrogen (secondary N) is 1. The minimum Gasteiger partial charge on any atom is -0.493 e. The molecular weight excluding hydrogens is 236 g/mol. The summed E-state index contributed by atoms with van der Waals surface area (Å²) in [5.41, 5.74) is 8.14. The molecule has 1 aromatic rings. The maximum absolute atomic E-state index is 5.95. The first-order valence-corrected chi connectivity index (χ1v) is 7.31. The molecule has 19 heavy (non-hydrogen) atoms. The molecule has 1 unspecified atom stereocenters. The summed E-state index contributed by atoms with van der Waals surface area (Å²) in [7, 11) is 0. The van der Waals surface area contributed by atoms with Gasteiger partial charge < -0.3 is 15.8 Å². The molecule has 3 N–H and O–H groups in total. The first-order valence-electron chi connectivity index (χ1n) is 7.31. The van der Waals surface area contributed by atoms with E-state index in [0.717, 1.165) is 30.2 Å². The highest BCUT2D eigenvalue weighted by atomic mass is 16.5. The quantitative estimate of drug-likeness (QED) is 0.787. The molecule has 0 radical (unpaired) electrons. The van der Waals surface area contributed by atoms with Crippen molar-refractivity contribution in [3.8, 4) is 5.75 Å². The van der Waals surface area contributed by atoms with E-state index in [1.54, 1.807) is 0 Å². The van der Waals surface area contributed by atoms with Crippen molar-refractivity contribution >= 4 is 11.4 Å². The fourth-order valence-corrected chi connectivity index (χ4v) is 2.80. The zero-order valence-electron chi connectivity index (χ0n) is 12.3. The van der Waals surface area contributed by atoms with Crippen LogP contribution in [0.5, 0.6) is 5.75 Å². The van der Waals surface area contributed by atoms with Crippen LogP contribution in [-0.2, 0) is 0 Å². The molecule has 1 aliphatic rings. The molecule has 1 aliphatic carbocycles. The number of anilines is 2. The topological polar surface area (TPSA) is 47.3 Å². The molecule has 0 aliphatic heterocycles. The van der Waals surface area contributed by atoms with Gasteiger partial charge in [-0.3, -0.25) is 0 Å². The van der Waals surface area contributed by atoms with Crippen molar-refractivity contribution in [2.75, 3.05) is 17.7 Å². The SMILES string of the molecule is CCCOc1cc(N)cc(NC2CCCC2(C)C)c1. The molecule has 0 aromatic heterocycles. The largest absolute Gasteiger partial charge is 0.493 e. The van der Waals surface area contributed by atoms with Crippen molar-refractivity contribution < 1.29 is 4.74 Å². The fraction of sp³-hybridized carbons (Fsp3) is 0.625. The van der Waals surface area contributed by atoms with E-state index in [1.165, 1.54) is 19.3 Å². The maximum atomic E-state index is 5.95. The Balaban J connectivity index is 2.09. The van der Waals surface area contributed by atoms with Crippen LogP contribution in [0.4, 0.5) is 11.4 Å². The molecule has 3 nitrogen and oxygen atoms in total. The Hall–Kier alpha value is -1.38.